The molecule has 0 radical (unpaired) electrons. The smallest absolute Gasteiger partial charge is 0.160 e. The molecule has 11 heterocycles. The molecule has 30 rings (SSSR count). The van der Waals surface area contributed by atoms with Crippen LogP contribution >= 0.6 is 34.0 Å². The lowest BCUT2D eigenvalue weighted by molar-refractivity contribution is 0.669. The van der Waals surface area contributed by atoms with Crippen molar-refractivity contribution in [2.75, 3.05) is 0 Å². The molecule has 0 unspecified atom stereocenters. The van der Waals surface area contributed by atoms with Crippen molar-refractivity contribution in [1.82, 2.24) is 39.9 Å². The third-order valence-electron chi connectivity index (χ3n) is 28.4. The van der Waals surface area contributed by atoms with Gasteiger partial charge in [0.05, 0.1) is 34.2 Å². The molecular weight excluding hydrogens is 1890 g/mol. The van der Waals surface area contributed by atoms with E-state index in [2.05, 4.69) is 374 Å². The molecule has 30 aromatic rings. The van der Waals surface area contributed by atoms with E-state index >= 15 is 0 Å². The number of aromatic nitrogens is 8. The van der Waals surface area contributed by atoms with Crippen LogP contribution in [-0.4, -0.2) is 39.9 Å². The quantitative estimate of drug-likeness (QED) is 0.0968. The summed E-state index contributed by atoms with van der Waals surface area (Å²) in [5.41, 5.74) is 32.1. The molecule has 0 N–H and O–H groups in total. The highest BCUT2D eigenvalue weighted by molar-refractivity contribution is 7.26. The van der Waals surface area contributed by atoms with Crippen LogP contribution in [0.5, 0.6) is 0 Å². The molecule has 19 aromatic carbocycles. The first-order valence-corrected chi connectivity index (χ1v) is 52.4. The molecule has 0 bridgehead atoms. The van der Waals surface area contributed by atoms with Crippen LogP contribution in [0.25, 0.3) is 295 Å². The Morgan fingerprint density at radius 2 is 0.440 bits per heavy atom. The fourth-order valence-electron chi connectivity index (χ4n) is 21.2. The van der Waals surface area contributed by atoms with Crippen LogP contribution in [0.3, 0.4) is 0 Å². The molecule has 11 nitrogen and oxygen atoms in total. The van der Waals surface area contributed by atoms with E-state index in [1.165, 1.54) is 71.6 Å². The second-order valence-electron chi connectivity index (χ2n) is 37.4. The van der Waals surface area contributed by atoms with Gasteiger partial charge in [-0.05, 0) is 183 Å². The van der Waals surface area contributed by atoms with Gasteiger partial charge in [-0.3, -0.25) is 9.97 Å². The molecule has 0 aliphatic rings. The van der Waals surface area contributed by atoms with E-state index in [9.17, 15) is 0 Å². The number of hydrogen-bond acceptors (Lipinski definition) is 14. The van der Waals surface area contributed by atoms with E-state index in [0.717, 1.165) is 206 Å². The van der Waals surface area contributed by atoms with Crippen LogP contribution < -0.4 is 0 Å². The van der Waals surface area contributed by atoms with Crippen LogP contribution in [0.1, 0.15) is 0 Å². The Balaban J connectivity index is 0.000000108. The first kappa shape index (κ1) is 88.5. The Labute approximate surface area is 873 Å². The van der Waals surface area contributed by atoms with Gasteiger partial charge in [-0.2, -0.15) is 0 Å². The van der Waals surface area contributed by atoms with Gasteiger partial charge in [0.25, 0.3) is 0 Å². The molecule has 11 aromatic heterocycles. The van der Waals surface area contributed by atoms with Gasteiger partial charge in [0.1, 0.15) is 33.5 Å². The summed E-state index contributed by atoms with van der Waals surface area (Å²) in [5.74, 6) is 1.99. The minimum absolute atomic E-state index is 0.655. The third kappa shape index (κ3) is 16.2. The van der Waals surface area contributed by atoms with Gasteiger partial charge in [0.15, 0.2) is 17.5 Å². The standard InChI is InChI=1S/C46H28N2OS.2C45H27N3OS/c1-3-11-29(12-4-1)30-19-21-31(22-20-30)39-28-40(48-46(47-39)32-13-5-2-6-14-32)36-25-24-34(44-37-16-7-9-17-41(37)49-45(36)44)33-23-26-43-38(27-33)35-15-8-10-18-42(35)50-43;1-2-10-28(11-3-1)45-47-38(31-13-8-12-29(24-31)32-14-9-23-46-27-32)26-39(48-45)35-21-20-33(43-36-16-4-6-17-40(36)49-44(35)43)30-19-22-42-37(25-30)34-15-5-7-18-41(34)50-42;1-2-11-28(12-3-1)45-47-38(33-15-5-4-14-31(33)30-13-10-24-46-27-30)26-39(48-45)35-22-21-32(43-36-17-6-8-18-40(36)49-44(35)43)29-20-23-42-37(25-29)34-16-7-9-19-41(34)50-42/h1-28H;2*1-27H. The minimum atomic E-state index is 0.655. The van der Waals surface area contributed by atoms with E-state index in [-0.39, 0.29) is 0 Å². The Morgan fingerprint density at radius 1 is 0.153 bits per heavy atom. The van der Waals surface area contributed by atoms with Gasteiger partial charge in [0.2, 0.25) is 0 Å². The topological polar surface area (TPSA) is 143 Å². The summed E-state index contributed by atoms with van der Waals surface area (Å²) in [6.07, 6.45) is 7.37. The van der Waals surface area contributed by atoms with Gasteiger partial charge in [-0.25, -0.2) is 29.9 Å². The van der Waals surface area contributed by atoms with Crippen molar-refractivity contribution in [3.63, 3.8) is 0 Å². The van der Waals surface area contributed by atoms with Crippen LogP contribution in [0, 0.1) is 0 Å². The summed E-state index contributed by atoms with van der Waals surface area (Å²) in [5, 5.41) is 14.2. The zero-order chi connectivity index (χ0) is 99.1. The number of nitrogens with zero attached hydrogens (tertiary/aromatic N) is 8. The monoisotopic (exact) mass is 1970 g/mol. The van der Waals surface area contributed by atoms with Gasteiger partial charge in [0, 0.05) is 179 Å². The van der Waals surface area contributed by atoms with E-state index in [1.54, 1.807) is 12.4 Å². The maximum absolute atomic E-state index is 6.76. The number of fused-ring (bicyclic) bond motifs is 18. The highest BCUT2D eigenvalue weighted by Crippen LogP contribution is 2.51. The van der Waals surface area contributed by atoms with Gasteiger partial charge in [-0.15, -0.1) is 34.0 Å². The molecule has 150 heavy (non-hydrogen) atoms. The van der Waals surface area contributed by atoms with Crippen molar-refractivity contribution < 1.29 is 13.3 Å². The van der Waals surface area contributed by atoms with Gasteiger partial charge < -0.3 is 13.3 Å². The first-order chi connectivity index (χ1) is 74.3. The molecule has 702 valence electrons. The lowest BCUT2D eigenvalue weighted by Crippen LogP contribution is -1.97. The van der Waals surface area contributed by atoms with Gasteiger partial charge in [-0.1, -0.05) is 346 Å². The zero-order valence-electron chi connectivity index (χ0n) is 80.4. The Hall–Kier alpha value is -19.2. The predicted octanol–water partition coefficient (Wildman–Crippen LogP) is 38.0. The molecule has 0 spiro atoms. The Kier molecular flexibility index (Phi) is 22.3. The second-order valence-corrected chi connectivity index (χ2v) is 40.6. The number of thiophene rings is 3. The fourth-order valence-corrected chi connectivity index (χ4v) is 24.4. The summed E-state index contributed by atoms with van der Waals surface area (Å²) in [6, 6.07) is 165. The average molecular weight is 1970 g/mol. The molecule has 0 fully saturated rings. The summed E-state index contributed by atoms with van der Waals surface area (Å²) >= 11 is 5.51. The second kappa shape index (κ2) is 37.7. The van der Waals surface area contributed by atoms with Gasteiger partial charge >= 0.3 is 0 Å². The number of para-hydroxylation sites is 3. The highest BCUT2D eigenvalue weighted by atomic mass is 32.1. The molecule has 0 aliphatic carbocycles. The summed E-state index contributed by atoms with van der Waals surface area (Å²) in [7, 11) is 0. The van der Waals surface area contributed by atoms with E-state index in [4.69, 9.17) is 43.2 Å². The summed E-state index contributed by atoms with van der Waals surface area (Å²) < 4.78 is 28.0. The van der Waals surface area contributed by atoms with Crippen LogP contribution in [-0.2, 0) is 0 Å². The first-order valence-electron chi connectivity index (χ1n) is 49.9. The van der Waals surface area contributed by atoms with Crippen LogP contribution in [0.2, 0.25) is 0 Å². The van der Waals surface area contributed by atoms with E-state index in [1.807, 2.05) is 156 Å². The van der Waals surface area contributed by atoms with Crippen molar-refractivity contribution >= 4 is 160 Å². The van der Waals surface area contributed by atoms with Crippen molar-refractivity contribution in [2.24, 2.45) is 0 Å². The van der Waals surface area contributed by atoms with Crippen molar-refractivity contribution in [1.29, 1.82) is 0 Å². The van der Waals surface area contributed by atoms with E-state index < -0.39 is 0 Å². The number of hydrogen-bond donors (Lipinski definition) is 0. The lowest BCUT2D eigenvalue weighted by atomic mass is 9.94. The average Bonchev–Trinajstić information content (AvgIpc) is 1.57. The third-order valence-corrected chi connectivity index (χ3v) is 31.8. The summed E-state index contributed by atoms with van der Waals surface area (Å²) in [6.45, 7) is 0. The van der Waals surface area contributed by atoms with Crippen molar-refractivity contribution in [2.45, 2.75) is 0 Å². The Morgan fingerprint density at radius 3 is 0.847 bits per heavy atom. The van der Waals surface area contributed by atoms with Crippen LogP contribution in [0.4, 0.5) is 0 Å². The fraction of sp³-hybridized carbons (Fsp3) is 0. The molecular formula is C136H82N8O3S3. The highest BCUT2D eigenvalue weighted by Gasteiger charge is 2.28. The lowest BCUT2D eigenvalue weighted by Gasteiger charge is -2.13. The molecule has 0 saturated carbocycles. The number of furan rings is 3. The molecule has 14 heteroatoms. The SMILES string of the molecule is c1ccc(-c2ccc(-c3cc(-c4ccc(-c5ccc6sc7ccccc7c6c5)c5c4oc4ccccc45)nc(-c4ccccc4)n3)cc2)cc1.c1ccc(-c2nc(-c3cccc(-c4cccnc4)c3)cc(-c3ccc(-c4ccc5sc6ccccc6c5c4)c4c3oc3ccccc34)n2)cc1.c1ccc(-c2nc(-c3ccccc3-c3cccnc3)cc(-c3ccc(-c4ccc5sc6ccccc6c5c4)c4c3oc3ccccc34)n2)cc1. The number of rotatable bonds is 15. The molecule has 0 aliphatic heterocycles. The summed E-state index contributed by atoms with van der Waals surface area (Å²) in [4.78, 5) is 39.7. The number of benzene rings is 19. The zero-order valence-corrected chi connectivity index (χ0v) is 82.8. The Bertz CT molecular complexity index is 10500. The van der Waals surface area contributed by atoms with Crippen molar-refractivity contribution in [3.8, 4) is 168 Å². The maximum Gasteiger partial charge on any atom is 0.160 e. The largest absolute Gasteiger partial charge is 0.455 e. The van der Waals surface area contributed by atoms with Crippen LogP contribution in [0.15, 0.2) is 511 Å². The van der Waals surface area contributed by atoms with Crippen molar-refractivity contribution in [3.05, 3.63) is 498 Å². The normalized spacial score (nSPS) is 11.6. The van der Waals surface area contributed by atoms with E-state index in [0.29, 0.717) is 17.5 Å². The molecule has 0 saturated heterocycles. The molecule has 0 amide bonds. The number of pyridine rings is 2. The predicted molar refractivity (Wildman–Crippen MR) is 624 cm³/mol. The molecule has 0 atom stereocenters. The minimum Gasteiger partial charge on any atom is -0.455 e. The maximum atomic E-state index is 6.76.